The average molecular weight is 440 g/mol. The van der Waals surface area contributed by atoms with E-state index in [1.54, 1.807) is 19.1 Å². The minimum atomic E-state index is -0.581. The summed E-state index contributed by atoms with van der Waals surface area (Å²) in [5.74, 6) is 0.481. The summed E-state index contributed by atoms with van der Waals surface area (Å²) in [6, 6.07) is 14.2. The number of para-hydroxylation sites is 1. The molecule has 2 aromatic rings. The molecule has 2 aromatic carbocycles. The van der Waals surface area contributed by atoms with E-state index in [9.17, 15) is 9.59 Å². The van der Waals surface area contributed by atoms with E-state index in [0.29, 0.717) is 41.7 Å². The third kappa shape index (κ3) is 4.31. The van der Waals surface area contributed by atoms with E-state index in [-0.39, 0.29) is 11.8 Å². The number of hydrogen-bond acceptors (Lipinski definition) is 4. The summed E-state index contributed by atoms with van der Waals surface area (Å²) in [5.41, 5.74) is 2.00. The first-order chi connectivity index (χ1) is 15.0. The van der Waals surface area contributed by atoms with Crippen molar-refractivity contribution in [1.29, 1.82) is 0 Å². The van der Waals surface area contributed by atoms with E-state index in [4.69, 9.17) is 16.3 Å². The van der Waals surface area contributed by atoms with Crippen LogP contribution in [0.5, 0.6) is 5.75 Å². The van der Waals surface area contributed by atoms with E-state index in [2.05, 4.69) is 11.5 Å². The maximum absolute atomic E-state index is 13.1. The fourth-order valence-corrected chi connectivity index (χ4v) is 4.32. The van der Waals surface area contributed by atoms with Gasteiger partial charge in [0.15, 0.2) is 0 Å². The summed E-state index contributed by atoms with van der Waals surface area (Å²) in [6.07, 6.45) is 0. The Morgan fingerprint density at radius 2 is 1.71 bits per heavy atom. The second-order valence-electron chi connectivity index (χ2n) is 7.79. The molecule has 0 bridgehead atoms. The SMILES string of the molecule is C=C1c2ccccc2C(=O)N1C(C)C(=O)N1CCN(CCOc2ccccc2Cl)CC1. The molecule has 2 aliphatic rings. The Balaban J connectivity index is 1.28. The highest BCUT2D eigenvalue weighted by atomic mass is 35.5. The van der Waals surface area contributed by atoms with Gasteiger partial charge in [0.1, 0.15) is 18.4 Å². The first-order valence-electron chi connectivity index (χ1n) is 10.5. The Kier molecular flexibility index (Phi) is 6.30. The van der Waals surface area contributed by atoms with Crippen LogP contribution in [0.25, 0.3) is 5.70 Å². The van der Waals surface area contributed by atoms with Gasteiger partial charge in [-0.3, -0.25) is 19.4 Å². The highest BCUT2D eigenvalue weighted by Crippen LogP contribution is 2.33. The van der Waals surface area contributed by atoms with Crippen LogP contribution in [0.1, 0.15) is 22.8 Å². The van der Waals surface area contributed by atoms with Gasteiger partial charge in [0.25, 0.3) is 5.91 Å². The van der Waals surface area contributed by atoms with Gasteiger partial charge in [-0.15, -0.1) is 0 Å². The van der Waals surface area contributed by atoms with Gasteiger partial charge in [-0.05, 0) is 25.1 Å². The molecule has 2 amide bonds. The van der Waals surface area contributed by atoms with Crippen molar-refractivity contribution in [2.45, 2.75) is 13.0 Å². The molecule has 2 aliphatic heterocycles. The number of benzene rings is 2. The number of hydrogen-bond donors (Lipinski definition) is 0. The average Bonchev–Trinajstić information content (AvgIpc) is 3.05. The van der Waals surface area contributed by atoms with Gasteiger partial charge in [0.2, 0.25) is 5.91 Å². The monoisotopic (exact) mass is 439 g/mol. The Bertz CT molecular complexity index is 966. The third-order valence-corrected chi connectivity index (χ3v) is 6.22. The smallest absolute Gasteiger partial charge is 0.259 e. The van der Waals surface area contributed by atoms with Crippen molar-refractivity contribution in [3.8, 4) is 5.75 Å². The van der Waals surface area contributed by atoms with E-state index < -0.39 is 6.04 Å². The van der Waals surface area contributed by atoms with Crippen molar-refractivity contribution in [3.63, 3.8) is 0 Å². The lowest BCUT2D eigenvalue weighted by Gasteiger charge is -2.37. The normalized spacial score (nSPS) is 17.6. The summed E-state index contributed by atoms with van der Waals surface area (Å²) >= 11 is 6.12. The molecular formula is C24H26ClN3O3. The van der Waals surface area contributed by atoms with Crippen molar-refractivity contribution >= 4 is 29.1 Å². The molecule has 2 heterocycles. The summed E-state index contributed by atoms with van der Waals surface area (Å²) in [4.78, 5) is 31.5. The van der Waals surface area contributed by atoms with E-state index in [1.807, 2.05) is 41.3 Å². The zero-order valence-corrected chi connectivity index (χ0v) is 18.3. The molecule has 0 N–H and O–H groups in total. The third-order valence-electron chi connectivity index (χ3n) is 5.91. The Morgan fingerprint density at radius 3 is 2.39 bits per heavy atom. The number of rotatable bonds is 6. The second kappa shape index (κ2) is 9.12. The fourth-order valence-electron chi connectivity index (χ4n) is 4.13. The topological polar surface area (TPSA) is 53.1 Å². The van der Waals surface area contributed by atoms with Gasteiger partial charge in [0, 0.05) is 49.5 Å². The molecule has 0 aliphatic carbocycles. The maximum atomic E-state index is 13.1. The number of carbonyl (C=O) groups excluding carboxylic acids is 2. The molecule has 162 valence electrons. The lowest BCUT2D eigenvalue weighted by Crippen LogP contribution is -2.54. The number of nitrogens with zero attached hydrogens (tertiary/aromatic N) is 3. The van der Waals surface area contributed by atoms with Crippen LogP contribution in [0.2, 0.25) is 5.02 Å². The van der Waals surface area contributed by atoms with Crippen LogP contribution in [-0.2, 0) is 4.79 Å². The first-order valence-corrected chi connectivity index (χ1v) is 10.9. The minimum Gasteiger partial charge on any atom is -0.491 e. The summed E-state index contributed by atoms with van der Waals surface area (Å²) in [5, 5.41) is 0.604. The number of halogens is 1. The number of fused-ring (bicyclic) bond motifs is 1. The zero-order valence-electron chi connectivity index (χ0n) is 17.6. The van der Waals surface area contributed by atoms with Crippen molar-refractivity contribution in [2.24, 2.45) is 0 Å². The standard InChI is InChI=1S/C24H26ClN3O3/c1-17-19-7-3-4-8-20(19)24(30)28(17)18(2)23(29)27-13-11-26(12-14-27)15-16-31-22-10-6-5-9-21(22)25/h3-10,18H,1,11-16H2,2H3. The zero-order chi connectivity index (χ0) is 22.0. The van der Waals surface area contributed by atoms with Gasteiger partial charge < -0.3 is 9.64 Å². The fraction of sp³-hybridized carbons (Fsp3) is 0.333. The molecule has 0 saturated carbocycles. The lowest BCUT2D eigenvalue weighted by molar-refractivity contribution is -0.136. The molecule has 0 radical (unpaired) electrons. The van der Waals surface area contributed by atoms with Crippen molar-refractivity contribution < 1.29 is 14.3 Å². The Morgan fingerprint density at radius 1 is 1.06 bits per heavy atom. The van der Waals surface area contributed by atoms with Crippen LogP contribution in [-0.4, -0.2) is 71.9 Å². The van der Waals surface area contributed by atoms with Crippen molar-refractivity contribution in [3.05, 3.63) is 71.3 Å². The molecule has 6 nitrogen and oxygen atoms in total. The van der Waals surface area contributed by atoms with Crippen LogP contribution in [0.15, 0.2) is 55.1 Å². The summed E-state index contributed by atoms with van der Waals surface area (Å²) in [7, 11) is 0. The first kappa shape index (κ1) is 21.4. The van der Waals surface area contributed by atoms with E-state index >= 15 is 0 Å². The van der Waals surface area contributed by atoms with Crippen LogP contribution in [0, 0.1) is 0 Å². The van der Waals surface area contributed by atoms with Crippen LogP contribution in [0.4, 0.5) is 0 Å². The highest BCUT2D eigenvalue weighted by Gasteiger charge is 2.38. The predicted octanol–water partition coefficient (Wildman–Crippen LogP) is 3.38. The summed E-state index contributed by atoms with van der Waals surface area (Å²) in [6.45, 7) is 9.90. The van der Waals surface area contributed by atoms with Gasteiger partial charge in [-0.25, -0.2) is 0 Å². The number of piperazine rings is 1. The van der Waals surface area contributed by atoms with Crippen molar-refractivity contribution in [1.82, 2.24) is 14.7 Å². The molecule has 0 aromatic heterocycles. The molecule has 1 saturated heterocycles. The van der Waals surface area contributed by atoms with Crippen LogP contribution >= 0.6 is 11.6 Å². The lowest BCUT2D eigenvalue weighted by atomic mass is 10.1. The second-order valence-corrected chi connectivity index (χ2v) is 8.20. The maximum Gasteiger partial charge on any atom is 0.259 e. The quantitative estimate of drug-likeness (QED) is 0.692. The summed E-state index contributed by atoms with van der Waals surface area (Å²) < 4.78 is 5.77. The van der Waals surface area contributed by atoms with Gasteiger partial charge in [-0.2, -0.15) is 0 Å². The van der Waals surface area contributed by atoms with Crippen molar-refractivity contribution in [2.75, 3.05) is 39.3 Å². The number of ether oxygens (including phenoxy) is 1. The van der Waals surface area contributed by atoms with Gasteiger partial charge >= 0.3 is 0 Å². The minimum absolute atomic E-state index is 0.0470. The Hall–Kier alpha value is -2.83. The molecule has 0 spiro atoms. The number of carbonyl (C=O) groups is 2. The highest BCUT2D eigenvalue weighted by molar-refractivity contribution is 6.32. The molecule has 31 heavy (non-hydrogen) atoms. The molecular weight excluding hydrogens is 414 g/mol. The van der Waals surface area contributed by atoms with Gasteiger partial charge in [-0.1, -0.05) is 48.5 Å². The molecule has 1 fully saturated rings. The molecule has 1 unspecified atom stereocenters. The van der Waals surface area contributed by atoms with E-state index in [1.165, 1.54) is 4.90 Å². The molecule has 1 atom stereocenters. The number of amides is 2. The Labute approximate surface area is 187 Å². The van der Waals surface area contributed by atoms with Gasteiger partial charge in [0.05, 0.1) is 5.02 Å². The van der Waals surface area contributed by atoms with Crippen LogP contribution < -0.4 is 4.74 Å². The largest absolute Gasteiger partial charge is 0.491 e. The molecule has 7 heteroatoms. The predicted molar refractivity (Wildman–Crippen MR) is 121 cm³/mol. The van der Waals surface area contributed by atoms with Crippen LogP contribution in [0.3, 0.4) is 0 Å². The van der Waals surface area contributed by atoms with E-state index in [0.717, 1.165) is 25.2 Å². The molecule has 4 rings (SSSR count).